The Morgan fingerprint density at radius 2 is 2.06 bits per heavy atom. The van der Waals surface area contributed by atoms with E-state index in [4.69, 9.17) is 10.00 Å². The van der Waals surface area contributed by atoms with Crippen molar-refractivity contribution in [2.45, 2.75) is 6.54 Å². The maximum Gasteiger partial charge on any atom is 0.128 e. The fourth-order valence-electron chi connectivity index (χ4n) is 1.46. The van der Waals surface area contributed by atoms with Crippen LogP contribution >= 0.6 is 0 Å². The minimum absolute atomic E-state index is 0.274. The first kappa shape index (κ1) is 10.2. The van der Waals surface area contributed by atoms with E-state index in [1.807, 2.05) is 36.5 Å². The predicted molar refractivity (Wildman–Crippen MR) is 59.8 cm³/mol. The molecule has 16 heavy (non-hydrogen) atoms. The van der Waals surface area contributed by atoms with E-state index in [0.29, 0.717) is 0 Å². The molecule has 4 heteroatoms. The summed E-state index contributed by atoms with van der Waals surface area (Å²) >= 11 is 0. The molecule has 4 nitrogen and oxygen atoms in total. The normalized spacial score (nSPS) is 9.75. The molecule has 1 aromatic heterocycles. The molecule has 0 atom stereocenters. The van der Waals surface area contributed by atoms with Gasteiger partial charge < -0.3 is 4.74 Å². The van der Waals surface area contributed by atoms with E-state index >= 15 is 0 Å². The van der Waals surface area contributed by atoms with Gasteiger partial charge in [0.1, 0.15) is 12.3 Å². The molecular weight excluding hydrogens is 202 g/mol. The number of benzene rings is 1. The van der Waals surface area contributed by atoms with Crippen molar-refractivity contribution in [1.29, 1.82) is 5.26 Å². The lowest BCUT2D eigenvalue weighted by atomic mass is 10.1. The maximum absolute atomic E-state index is 8.54. The van der Waals surface area contributed by atoms with Crippen LogP contribution in [0, 0.1) is 11.3 Å². The predicted octanol–water partition coefficient (Wildman–Crippen LogP) is 2.08. The molecule has 0 aliphatic heterocycles. The van der Waals surface area contributed by atoms with Gasteiger partial charge in [-0.25, -0.2) is 0 Å². The van der Waals surface area contributed by atoms with Crippen LogP contribution in [0.2, 0.25) is 0 Å². The van der Waals surface area contributed by atoms with Crippen LogP contribution in [0.3, 0.4) is 0 Å². The number of ether oxygens (including phenoxy) is 1. The summed E-state index contributed by atoms with van der Waals surface area (Å²) in [5, 5.41) is 12.6. The Kier molecular flexibility index (Phi) is 2.88. The molecule has 0 saturated heterocycles. The van der Waals surface area contributed by atoms with E-state index in [-0.39, 0.29) is 6.54 Å². The van der Waals surface area contributed by atoms with E-state index in [0.717, 1.165) is 16.9 Å². The van der Waals surface area contributed by atoms with E-state index < -0.39 is 0 Å². The quantitative estimate of drug-likeness (QED) is 0.784. The summed E-state index contributed by atoms with van der Waals surface area (Å²) < 4.78 is 6.70. The fourth-order valence-corrected chi connectivity index (χ4v) is 1.46. The van der Waals surface area contributed by atoms with Crippen LogP contribution in [0.4, 0.5) is 0 Å². The zero-order valence-electron chi connectivity index (χ0n) is 8.92. The first-order chi connectivity index (χ1) is 7.83. The van der Waals surface area contributed by atoms with Crippen LogP contribution in [0.15, 0.2) is 36.7 Å². The third-order valence-electron chi connectivity index (χ3n) is 2.29. The van der Waals surface area contributed by atoms with E-state index in [1.165, 1.54) is 0 Å². The average Bonchev–Trinajstić information content (AvgIpc) is 2.78. The number of methoxy groups -OCH3 is 1. The minimum atomic E-state index is 0.274. The summed E-state index contributed by atoms with van der Waals surface area (Å²) in [6.07, 6.45) is 3.60. The molecule has 1 aromatic carbocycles. The Morgan fingerprint density at radius 3 is 2.69 bits per heavy atom. The van der Waals surface area contributed by atoms with Gasteiger partial charge in [0, 0.05) is 11.8 Å². The molecule has 0 spiro atoms. The zero-order valence-corrected chi connectivity index (χ0v) is 8.92. The Labute approximate surface area is 93.7 Å². The van der Waals surface area contributed by atoms with Crippen molar-refractivity contribution >= 4 is 0 Å². The van der Waals surface area contributed by atoms with Gasteiger partial charge >= 0.3 is 0 Å². The first-order valence-corrected chi connectivity index (χ1v) is 4.87. The second-order valence-electron chi connectivity index (χ2n) is 3.31. The summed E-state index contributed by atoms with van der Waals surface area (Å²) in [4.78, 5) is 0. The van der Waals surface area contributed by atoms with Gasteiger partial charge in [-0.3, -0.25) is 4.68 Å². The second kappa shape index (κ2) is 4.49. The van der Waals surface area contributed by atoms with Crippen LogP contribution in [0.1, 0.15) is 0 Å². The van der Waals surface area contributed by atoms with Crippen LogP contribution in [0.5, 0.6) is 5.75 Å². The number of hydrogen-bond donors (Lipinski definition) is 0. The smallest absolute Gasteiger partial charge is 0.128 e. The lowest BCUT2D eigenvalue weighted by Gasteiger charge is -2.00. The van der Waals surface area contributed by atoms with E-state index in [9.17, 15) is 0 Å². The number of hydrogen-bond acceptors (Lipinski definition) is 3. The average molecular weight is 213 g/mol. The van der Waals surface area contributed by atoms with Gasteiger partial charge in [0.15, 0.2) is 0 Å². The summed E-state index contributed by atoms with van der Waals surface area (Å²) in [5.74, 6) is 0.827. The van der Waals surface area contributed by atoms with Crippen LogP contribution < -0.4 is 4.74 Å². The van der Waals surface area contributed by atoms with Gasteiger partial charge in [-0.05, 0) is 17.7 Å². The SMILES string of the molecule is COc1ccc(-c2cnn(CC#N)c2)cc1. The number of nitriles is 1. The van der Waals surface area contributed by atoms with Gasteiger partial charge in [0.2, 0.25) is 0 Å². The van der Waals surface area contributed by atoms with Gasteiger partial charge in [0.05, 0.1) is 19.4 Å². The van der Waals surface area contributed by atoms with E-state index in [2.05, 4.69) is 5.10 Å². The summed E-state index contributed by atoms with van der Waals surface area (Å²) in [5.41, 5.74) is 2.06. The zero-order chi connectivity index (χ0) is 11.4. The van der Waals surface area contributed by atoms with Gasteiger partial charge in [-0.2, -0.15) is 10.4 Å². The molecule has 0 amide bonds. The van der Waals surface area contributed by atoms with Crippen molar-refractivity contribution in [3.05, 3.63) is 36.7 Å². The molecule has 0 saturated carbocycles. The number of nitrogens with zero attached hydrogens (tertiary/aromatic N) is 3. The highest BCUT2D eigenvalue weighted by molar-refractivity contribution is 5.62. The van der Waals surface area contributed by atoms with Gasteiger partial charge in [-0.15, -0.1) is 0 Å². The Balaban J connectivity index is 2.25. The highest BCUT2D eigenvalue weighted by Crippen LogP contribution is 2.21. The topological polar surface area (TPSA) is 50.8 Å². The van der Waals surface area contributed by atoms with Crippen LogP contribution in [0.25, 0.3) is 11.1 Å². The van der Waals surface area contributed by atoms with Crippen molar-refractivity contribution in [1.82, 2.24) is 9.78 Å². The van der Waals surface area contributed by atoms with E-state index in [1.54, 1.807) is 18.0 Å². The molecule has 0 radical (unpaired) electrons. The Morgan fingerprint density at radius 1 is 1.31 bits per heavy atom. The van der Waals surface area contributed by atoms with Crippen molar-refractivity contribution in [2.75, 3.05) is 7.11 Å². The molecule has 0 bridgehead atoms. The van der Waals surface area contributed by atoms with Crippen LogP contribution in [-0.2, 0) is 6.54 Å². The number of aromatic nitrogens is 2. The molecule has 0 N–H and O–H groups in total. The Hall–Kier alpha value is -2.28. The molecule has 0 fully saturated rings. The number of rotatable bonds is 3. The fraction of sp³-hybridized carbons (Fsp3) is 0.167. The largest absolute Gasteiger partial charge is 0.497 e. The van der Waals surface area contributed by atoms with Crippen molar-refractivity contribution in [3.8, 4) is 22.9 Å². The second-order valence-corrected chi connectivity index (χ2v) is 3.31. The van der Waals surface area contributed by atoms with Crippen LogP contribution in [-0.4, -0.2) is 16.9 Å². The van der Waals surface area contributed by atoms with Crippen molar-refractivity contribution < 1.29 is 4.74 Å². The molecular formula is C12H11N3O. The molecule has 0 aliphatic carbocycles. The third-order valence-corrected chi connectivity index (χ3v) is 2.29. The summed E-state index contributed by atoms with van der Waals surface area (Å²) in [7, 11) is 1.64. The summed E-state index contributed by atoms with van der Waals surface area (Å²) in [6, 6.07) is 9.78. The molecule has 1 heterocycles. The molecule has 0 aliphatic rings. The summed E-state index contributed by atoms with van der Waals surface area (Å²) in [6.45, 7) is 0.274. The highest BCUT2D eigenvalue weighted by Gasteiger charge is 2.01. The maximum atomic E-state index is 8.54. The molecule has 0 unspecified atom stereocenters. The monoisotopic (exact) mass is 213 g/mol. The molecule has 2 aromatic rings. The van der Waals surface area contributed by atoms with Crippen molar-refractivity contribution in [2.24, 2.45) is 0 Å². The minimum Gasteiger partial charge on any atom is -0.497 e. The highest BCUT2D eigenvalue weighted by atomic mass is 16.5. The molecule has 2 rings (SSSR count). The van der Waals surface area contributed by atoms with Gasteiger partial charge in [-0.1, -0.05) is 12.1 Å². The van der Waals surface area contributed by atoms with Gasteiger partial charge in [0.25, 0.3) is 0 Å². The lowest BCUT2D eigenvalue weighted by molar-refractivity contribution is 0.415. The third kappa shape index (κ3) is 2.04. The standard InChI is InChI=1S/C12H11N3O/c1-16-12-4-2-10(3-5-12)11-8-14-15(9-11)7-6-13/h2-5,8-9H,7H2,1H3. The lowest BCUT2D eigenvalue weighted by Crippen LogP contribution is -1.93. The molecule has 80 valence electrons. The first-order valence-electron chi connectivity index (χ1n) is 4.87. The van der Waals surface area contributed by atoms with Crippen molar-refractivity contribution in [3.63, 3.8) is 0 Å². The Bertz CT molecular complexity index is 508.